The smallest absolute Gasteiger partial charge is 0.437 e. The van der Waals surface area contributed by atoms with Crippen molar-refractivity contribution in [2.24, 2.45) is 0 Å². The van der Waals surface area contributed by atoms with Gasteiger partial charge in [-0.2, -0.15) is 13.2 Å². The first-order chi connectivity index (χ1) is 9.29. The number of aromatic nitrogens is 2. The SMILES string of the molecule is Cc1nc(Cl)c(Oc2ccccc2Br)c(C(F)(F)F)n1. The summed E-state index contributed by atoms with van der Waals surface area (Å²) in [6.45, 7) is 1.32. The number of halogens is 5. The zero-order valence-electron chi connectivity index (χ0n) is 10.0. The number of benzene rings is 1. The topological polar surface area (TPSA) is 35.0 Å². The molecule has 2 rings (SSSR count). The summed E-state index contributed by atoms with van der Waals surface area (Å²) in [4.78, 5) is 7.06. The van der Waals surface area contributed by atoms with E-state index in [2.05, 4.69) is 25.9 Å². The Morgan fingerprint density at radius 1 is 1.20 bits per heavy atom. The van der Waals surface area contributed by atoms with Crippen LogP contribution in [-0.2, 0) is 6.18 Å². The van der Waals surface area contributed by atoms with Gasteiger partial charge < -0.3 is 4.74 Å². The van der Waals surface area contributed by atoms with Crippen LogP contribution < -0.4 is 4.74 Å². The van der Waals surface area contributed by atoms with Crippen LogP contribution in [0.4, 0.5) is 13.2 Å². The summed E-state index contributed by atoms with van der Waals surface area (Å²) in [7, 11) is 0. The zero-order chi connectivity index (χ0) is 14.9. The van der Waals surface area contributed by atoms with Crippen LogP contribution in [0.15, 0.2) is 28.7 Å². The lowest BCUT2D eigenvalue weighted by Crippen LogP contribution is -2.12. The van der Waals surface area contributed by atoms with Crippen molar-refractivity contribution in [3.05, 3.63) is 45.4 Å². The number of aryl methyl sites for hydroxylation is 1. The molecule has 1 heterocycles. The standard InChI is InChI=1S/C12H7BrClF3N2O/c1-6-18-10(12(15,16)17)9(11(14)19-6)20-8-5-3-2-4-7(8)13/h2-5H,1H3. The molecular formula is C12H7BrClF3N2O. The molecular weight excluding hydrogens is 360 g/mol. The normalized spacial score (nSPS) is 11.5. The van der Waals surface area contributed by atoms with Crippen LogP contribution >= 0.6 is 27.5 Å². The van der Waals surface area contributed by atoms with Gasteiger partial charge in [0.2, 0.25) is 0 Å². The van der Waals surface area contributed by atoms with Gasteiger partial charge in [0.25, 0.3) is 0 Å². The molecule has 0 atom stereocenters. The lowest BCUT2D eigenvalue weighted by atomic mass is 10.3. The molecule has 1 aromatic heterocycles. The van der Waals surface area contributed by atoms with E-state index in [0.29, 0.717) is 4.47 Å². The highest BCUT2D eigenvalue weighted by Crippen LogP contribution is 2.41. The third kappa shape index (κ3) is 3.21. The second kappa shape index (κ2) is 5.57. The maximum Gasteiger partial charge on any atom is 0.437 e. The maximum atomic E-state index is 13.0. The van der Waals surface area contributed by atoms with Crippen LogP contribution in [0.1, 0.15) is 11.5 Å². The Labute approximate surface area is 125 Å². The van der Waals surface area contributed by atoms with Crippen LogP contribution in [0.25, 0.3) is 0 Å². The minimum Gasteiger partial charge on any atom is -0.451 e. The van der Waals surface area contributed by atoms with E-state index < -0.39 is 17.6 Å². The molecule has 20 heavy (non-hydrogen) atoms. The summed E-state index contributed by atoms with van der Waals surface area (Å²) in [6.07, 6.45) is -4.69. The molecule has 106 valence electrons. The Balaban J connectivity index is 2.54. The van der Waals surface area contributed by atoms with E-state index in [4.69, 9.17) is 16.3 Å². The lowest BCUT2D eigenvalue weighted by molar-refractivity contribution is -0.142. The van der Waals surface area contributed by atoms with Gasteiger partial charge in [0.15, 0.2) is 16.6 Å². The predicted molar refractivity (Wildman–Crippen MR) is 71.0 cm³/mol. The quantitative estimate of drug-likeness (QED) is 0.700. The van der Waals surface area contributed by atoms with Gasteiger partial charge in [0.1, 0.15) is 11.6 Å². The molecule has 1 aromatic carbocycles. The summed E-state index contributed by atoms with van der Waals surface area (Å²) in [5.74, 6) is -0.508. The third-order valence-electron chi connectivity index (χ3n) is 2.25. The van der Waals surface area contributed by atoms with Gasteiger partial charge in [0.05, 0.1) is 4.47 Å². The number of hydrogen-bond acceptors (Lipinski definition) is 3. The summed E-state index contributed by atoms with van der Waals surface area (Å²) in [5.41, 5.74) is -1.20. The molecule has 0 fully saturated rings. The number of rotatable bonds is 2. The first-order valence-corrected chi connectivity index (χ1v) is 6.50. The molecule has 0 saturated carbocycles. The zero-order valence-corrected chi connectivity index (χ0v) is 12.3. The summed E-state index contributed by atoms with van der Waals surface area (Å²) in [5, 5.41) is -0.388. The molecule has 2 aromatic rings. The maximum absolute atomic E-state index is 13.0. The first kappa shape index (κ1) is 15.1. The largest absolute Gasteiger partial charge is 0.451 e. The number of para-hydroxylation sites is 1. The van der Waals surface area contributed by atoms with Crippen LogP contribution in [0, 0.1) is 6.92 Å². The minimum atomic E-state index is -4.69. The van der Waals surface area contributed by atoms with Crippen molar-refractivity contribution < 1.29 is 17.9 Å². The molecule has 0 radical (unpaired) electrons. The molecule has 0 amide bonds. The Morgan fingerprint density at radius 2 is 1.85 bits per heavy atom. The Kier molecular flexibility index (Phi) is 4.19. The van der Waals surface area contributed by atoms with Crippen molar-refractivity contribution in [2.75, 3.05) is 0 Å². The van der Waals surface area contributed by atoms with E-state index in [-0.39, 0.29) is 16.7 Å². The van der Waals surface area contributed by atoms with Gasteiger partial charge >= 0.3 is 6.18 Å². The van der Waals surface area contributed by atoms with E-state index in [1.165, 1.54) is 13.0 Å². The fraction of sp³-hybridized carbons (Fsp3) is 0.167. The highest BCUT2D eigenvalue weighted by Gasteiger charge is 2.38. The first-order valence-electron chi connectivity index (χ1n) is 5.32. The van der Waals surface area contributed by atoms with Crippen molar-refractivity contribution in [3.8, 4) is 11.5 Å². The second-order valence-electron chi connectivity index (χ2n) is 3.77. The van der Waals surface area contributed by atoms with Gasteiger partial charge in [-0.1, -0.05) is 23.7 Å². The second-order valence-corrected chi connectivity index (χ2v) is 4.98. The predicted octanol–water partition coefficient (Wildman–Crippen LogP) is 5.01. The minimum absolute atomic E-state index is 0.0817. The fourth-order valence-corrected chi connectivity index (χ4v) is 2.06. The molecule has 0 saturated heterocycles. The van der Waals surface area contributed by atoms with E-state index in [9.17, 15) is 13.2 Å². The molecule has 0 aliphatic heterocycles. The number of hydrogen-bond donors (Lipinski definition) is 0. The third-order valence-corrected chi connectivity index (χ3v) is 3.16. The van der Waals surface area contributed by atoms with Crippen molar-refractivity contribution in [3.63, 3.8) is 0 Å². The van der Waals surface area contributed by atoms with Gasteiger partial charge in [-0.05, 0) is 35.0 Å². The summed E-state index contributed by atoms with van der Waals surface area (Å²) in [6, 6.07) is 6.46. The molecule has 8 heteroatoms. The highest BCUT2D eigenvalue weighted by atomic mass is 79.9. The van der Waals surface area contributed by atoms with Crippen molar-refractivity contribution >= 4 is 27.5 Å². The molecule has 0 aliphatic carbocycles. The monoisotopic (exact) mass is 366 g/mol. The Bertz CT molecular complexity index is 649. The van der Waals surface area contributed by atoms with Crippen LogP contribution in [-0.4, -0.2) is 9.97 Å². The van der Waals surface area contributed by atoms with Gasteiger partial charge in [-0.25, -0.2) is 9.97 Å². The van der Waals surface area contributed by atoms with Crippen LogP contribution in [0.3, 0.4) is 0 Å². The Hall–Kier alpha value is -1.34. The molecule has 3 nitrogen and oxygen atoms in total. The number of nitrogens with zero attached hydrogens (tertiary/aromatic N) is 2. The van der Waals surface area contributed by atoms with Gasteiger partial charge in [-0.15, -0.1) is 0 Å². The van der Waals surface area contributed by atoms with E-state index >= 15 is 0 Å². The van der Waals surface area contributed by atoms with Gasteiger partial charge in [-0.3, -0.25) is 0 Å². The van der Waals surface area contributed by atoms with E-state index in [1.807, 2.05) is 0 Å². The van der Waals surface area contributed by atoms with Crippen molar-refractivity contribution in [1.29, 1.82) is 0 Å². The highest BCUT2D eigenvalue weighted by molar-refractivity contribution is 9.10. The van der Waals surface area contributed by atoms with Crippen molar-refractivity contribution in [1.82, 2.24) is 9.97 Å². The van der Waals surface area contributed by atoms with Crippen LogP contribution in [0.5, 0.6) is 11.5 Å². The molecule has 0 aliphatic rings. The molecule has 0 unspecified atom stereocenters. The molecule has 0 N–H and O–H groups in total. The lowest BCUT2D eigenvalue weighted by Gasteiger charge is -2.14. The fourth-order valence-electron chi connectivity index (χ4n) is 1.45. The number of alkyl halides is 3. The average Bonchev–Trinajstić information content (AvgIpc) is 2.33. The average molecular weight is 368 g/mol. The Morgan fingerprint density at radius 3 is 2.45 bits per heavy atom. The van der Waals surface area contributed by atoms with Gasteiger partial charge in [0, 0.05) is 0 Å². The number of ether oxygens (including phenoxy) is 1. The molecule has 0 bridgehead atoms. The van der Waals surface area contributed by atoms with Crippen molar-refractivity contribution in [2.45, 2.75) is 13.1 Å². The summed E-state index contributed by atoms with van der Waals surface area (Å²) >= 11 is 8.93. The summed E-state index contributed by atoms with van der Waals surface area (Å²) < 4.78 is 44.6. The van der Waals surface area contributed by atoms with Crippen LogP contribution in [0.2, 0.25) is 5.15 Å². The molecule has 0 spiro atoms. The van der Waals surface area contributed by atoms with E-state index in [1.54, 1.807) is 18.2 Å². The van der Waals surface area contributed by atoms with E-state index in [0.717, 1.165) is 0 Å².